The van der Waals surface area contributed by atoms with Crippen LogP contribution in [-0.2, 0) is 6.67 Å². The summed E-state index contributed by atoms with van der Waals surface area (Å²) in [6.45, 7) is 3.15. The molecule has 1 amide bonds. The third kappa shape index (κ3) is 5.37. The van der Waals surface area contributed by atoms with E-state index in [1.54, 1.807) is 31.2 Å². The number of hydrogen-bond donors (Lipinski definition) is 1. The standard InChI is InChI=1S/C23H21N7O7/c1-14-22(30(34)35)15(2)28(25-14)13-27-9-8-19(26-27)23(31)24-16-10-17(29(32)33)12-18(11-16)37-21-7-5-4-6-20(21)36-3/h4-12H,13H2,1-3H3,(H,24,31). The van der Waals surface area contributed by atoms with Crippen molar-refractivity contribution in [2.75, 3.05) is 12.4 Å². The highest BCUT2D eigenvalue weighted by atomic mass is 16.6. The smallest absolute Gasteiger partial charge is 0.312 e. The molecule has 0 saturated carbocycles. The number of nitrogens with zero attached hydrogens (tertiary/aromatic N) is 6. The lowest BCUT2D eigenvalue weighted by molar-refractivity contribution is -0.386. The van der Waals surface area contributed by atoms with Crippen LogP contribution in [0.2, 0.25) is 0 Å². The summed E-state index contributed by atoms with van der Waals surface area (Å²) >= 11 is 0. The van der Waals surface area contributed by atoms with Crippen LogP contribution in [0.1, 0.15) is 21.9 Å². The van der Waals surface area contributed by atoms with Crippen molar-refractivity contribution in [3.05, 3.63) is 92.0 Å². The van der Waals surface area contributed by atoms with Gasteiger partial charge in [-0.2, -0.15) is 10.2 Å². The van der Waals surface area contributed by atoms with Crippen LogP contribution in [0.25, 0.3) is 0 Å². The highest BCUT2D eigenvalue weighted by Gasteiger charge is 2.22. The minimum atomic E-state index is -0.623. The zero-order valence-corrected chi connectivity index (χ0v) is 19.9. The molecule has 0 aliphatic heterocycles. The number of carbonyl (C=O) groups is 1. The lowest BCUT2D eigenvalue weighted by Gasteiger charge is -2.11. The molecule has 1 N–H and O–H groups in total. The number of para-hydroxylation sites is 2. The van der Waals surface area contributed by atoms with Gasteiger partial charge in [-0.3, -0.25) is 29.7 Å². The zero-order valence-electron chi connectivity index (χ0n) is 19.9. The normalized spacial score (nSPS) is 10.7. The minimum absolute atomic E-state index is 0.0229. The fourth-order valence-corrected chi connectivity index (χ4v) is 3.63. The van der Waals surface area contributed by atoms with Crippen LogP contribution in [0.5, 0.6) is 17.2 Å². The average Bonchev–Trinajstić information content (AvgIpc) is 3.43. The van der Waals surface area contributed by atoms with Gasteiger partial charge in [-0.25, -0.2) is 4.68 Å². The zero-order chi connectivity index (χ0) is 26.7. The Hall–Kier alpha value is -5.27. The molecule has 2 heterocycles. The van der Waals surface area contributed by atoms with Gasteiger partial charge in [0, 0.05) is 18.3 Å². The molecule has 0 aliphatic rings. The number of nitro benzene ring substituents is 1. The molecule has 0 spiro atoms. The number of nitro groups is 2. The van der Waals surface area contributed by atoms with Gasteiger partial charge in [0.05, 0.1) is 28.7 Å². The summed E-state index contributed by atoms with van der Waals surface area (Å²) in [5.41, 5.74) is 0.386. The predicted octanol–water partition coefficient (Wildman–Crippen LogP) is 4.07. The van der Waals surface area contributed by atoms with Crippen LogP contribution in [0, 0.1) is 34.1 Å². The lowest BCUT2D eigenvalue weighted by atomic mass is 10.2. The van der Waals surface area contributed by atoms with Crippen molar-refractivity contribution in [3.8, 4) is 17.2 Å². The maximum absolute atomic E-state index is 12.8. The number of methoxy groups -OCH3 is 1. The Morgan fingerprint density at radius 2 is 1.76 bits per heavy atom. The lowest BCUT2D eigenvalue weighted by Crippen LogP contribution is -2.16. The number of amides is 1. The third-order valence-corrected chi connectivity index (χ3v) is 5.33. The molecule has 37 heavy (non-hydrogen) atoms. The van der Waals surface area contributed by atoms with E-state index in [0.717, 1.165) is 0 Å². The Labute approximate surface area is 209 Å². The molecule has 14 heteroatoms. The van der Waals surface area contributed by atoms with Crippen LogP contribution < -0.4 is 14.8 Å². The maximum atomic E-state index is 12.8. The van der Waals surface area contributed by atoms with Crippen molar-refractivity contribution in [1.82, 2.24) is 19.6 Å². The predicted molar refractivity (Wildman–Crippen MR) is 130 cm³/mol. The highest BCUT2D eigenvalue weighted by Crippen LogP contribution is 2.34. The molecule has 0 aliphatic carbocycles. The molecule has 2 aromatic heterocycles. The number of rotatable bonds is 9. The average molecular weight is 507 g/mol. The Morgan fingerprint density at radius 1 is 1.03 bits per heavy atom. The topological polar surface area (TPSA) is 169 Å². The number of aryl methyl sites for hydroxylation is 1. The summed E-state index contributed by atoms with van der Waals surface area (Å²) < 4.78 is 13.8. The van der Waals surface area contributed by atoms with Crippen molar-refractivity contribution in [1.29, 1.82) is 0 Å². The quantitative estimate of drug-likeness (QED) is 0.259. The Morgan fingerprint density at radius 3 is 2.41 bits per heavy atom. The van der Waals surface area contributed by atoms with Crippen molar-refractivity contribution < 1.29 is 24.1 Å². The van der Waals surface area contributed by atoms with Crippen LogP contribution in [-0.4, -0.2) is 42.4 Å². The molecule has 0 saturated heterocycles. The van der Waals surface area contributed by atoms with Gasteiger partial charge in [-0.05, 0) is 32.0 Å². The molecule has 0 unspecified atom stereocenters. The number of benzene rings is 2. The summed E-state index contributed by atoms with van der Waals surface area (Å²) in [6.07, 6.45) is 1.51. The fraction of sp³-hybridized carbons (Fsp3) is 0.174. The summed E-state index contributed by atoms with van der Waals surface area (Å²) in [5.74, 6) is 0.261. The van der Waals surface area contributed by atoms with Crippen LogP contribution in [0.4, 0.5) is 17.1 Å². The van der Waals surface area contributed by atoms with Crippen LogP contribution in [0.15, 0.2) is 54.7 Å². The van der Waals surface area contributed by atoms with Gasteiger partial charge in [-0.1, -0.05) is 12.1 Å². The Balaban J connectivity index is 1.54. The first-order chi connectivity index (χ1) is 17.7. The number of aromatic nitrogens is 4. The second-order valence-electron chi connectivity index (χ2n) is 7.84. The summed E-state index contributed by atoms with van der Waals surface area (Å²) in [7, 11) is 1.47. The number of carbonyl (C=O) groups excluding carboxylic acids is 1. The molecule has 2 aromatic carbocycles. The van der Waals surface area contributed by atoms with Gasteiger partial charge in [0.25, 0.3) is 11.6 Å². The molecule has 4 aromatic rings. The number of hydrogen-bond acceptors (Lipinski definition) is 9. The third-order valence-electron chi connectivity index (χ3n) is 5.33. The number of nitrogens with one attached hydrogen (secondary N) is 1. The van der Waals surface area contributed by atoms with Crippen molar-refractivity contribution in [2.45, 2.75) is 20.5 Å². The maximum Gasteiger partial charge on any atom is 0.312 e. The van der Waals surface area contributed by atoms with E-state index in [0.29, 0.717) is 17.2 Å². The molecule has 0 fully saturated rings. The minimum Gasteiger partial charge on any atom is -0.493 e. The van der Waals surface area contributed by atoms with Crippen LogP contribution in [0.3, 0.4) is 0 Å². The SMILES string of the molecule is COc1ccccc1Oc1cc(NC(=O)c2ccn(Cn3nc(C)c([N+](=O)[O-])c3C)n2)cc([N+](=O)[O-])c1. The van der Waals surface area contributed by atoms with E-state index < -0.39 is 15.8 Å². The summed E-state index contributed by atoms with van der Waals surface area (Å²) in [6, 6.07) is 12.1. The first-order valence-corrected chi connectivity index (χ1v) is 10.8. The van der Waals surface area contributed by atoms with Gasteiger partial charge in [0.2, 0.25) is 0 Å². The summed E-state index contributed by atoms with van der Waals surface area (Å²) in [4.78, 5) is 34.4. The molecule has 0 bridgehead atoms. The number of non-ortho nitro benzene ring substituents is 1. The molecular weight excluding hydrogens is 486 g/mol. The van der Waals surface area contributed by atoms with E-state index in [4.69, 9.17) is 9.47 Å². The molecule has 0 atom stereocenters. The van der Waals surface area contributed by atoms with Gasteiger partial charge in [-0.15, -0.1) is 0 Å². The molecule has 0 radical (unpaired) electrons. The number of anilines is 1. The van der Waals surface area contributed by atoms with E-state index >= 15 is 0 Å². The monoisotopic (exact) mass is 507 g/mol. The first kappa shape index (κ1) is 24.8. The van der Waals surface area contributed by atoms with Gasteiger partial charge >= 0.3 is 5.69 Å². The first-order valence-electron chi connectivity index (χ1n) is 10.8. The highest BCUT2D eigenvalue weighted by molar-refractivity contribution is 6.03. The summed E-state index contributed by atoms with van der Waals surface area (Å²) in [5, 5.41) is 33.6. The number of ether oxygens (including phenoxy) is 2. The molecular formula is C23H21N7O7. The van der Waals surface area contributed by atoms with E-state index in [9.17, 15) is 25.0 Å². The van der Waals surface area contributed by atoms with E-state index in [1.165, 1.54) is 53.9 Å². The second kappa shape index (κ2) is 10.2. The van der Waals surface area contributed by atoms with Crippen molar-refractivity contribution >= 4 is 23.0 Å². The molecule has 190 valence electrons. The van der Waals surface area contributed by atoms with E-state index in [2.05, 4.69) is 15.5 Å². The van der Waals surface area contributed by atoms with Crippen LogP contribution >= 0.6 is 0 Å². The second-order valence-corrected chi connectivity index (χ2v) is 7.84. The van der Waals surface area contributed by atoms with Gasteiger partial charge in [0.1, 0.15) is 23.8 Å². The van der Waals surface area contributed by atoms with Crippen molar-refractivity contribution in [2.24, 2.45) is 0 Å². The molecule has 4 rings (SSSR count). The fourth-order valence-electron chi connectivity index (χ4n) is 3.63. The molecule has 14 nitrogen and oxygen atoms in total. The van der Waals surface area contributed by atoms with Gasteiger partial charge in [0.15, 0.2) is 17.2 Å². The van der Waals surface area contributed by atoms with E-state index in [-0.39, 0.29) is 40.9 Å². The Bertz CT molecular complexity index is 1510. The Kier molecular flexibility index (Phi) is 6.81. The largest absolute Gasteiger partial charge is 0.493 e. The van der Waals surface area contributed by atoms with Gasteiger partial charge < -0.3 is 14.8 Å². The van der Waals surface area contributed by atoms with E-state index in [1.807, 2.05) is 0 Å². The van der Waals surface area contributed by atoms with Crippen molar-refractivity contribution in [3.63, 3.8) is 0 Å².